The zero-order valence-corrected chi connectivity index (χ0v) is 22.6. The van der Waals surface area contributed by atoms with E-state index in [1.807, 2.05) is 25.8 Å². The van der Waals surface area contributed by atoms with Crippen LogP contribution in [0.4, 0.5) is 20.8 Å². The molecule has 1 aliphatic rings. The molecule has 11 nitrogen and oxygen atoms in total. The number of pyridine rings is 2. The molecule has 0 spiro atoms. The molecule has 0 atom stereocenters. The Bertz CT molecular complexity index is 1590. The van der Waals surface area contributed by atoms with Crippen molar-refractivity contribution in [3.63, 3.8) is 0 Å². The van der Waals surface area contributed by atoms with Gasteiger partial charge in [-0.2, -0.15) is 0 Å². The van der Waals surface area contributed by atoms with Crippen LogP contribution >= 0.6 is 0 Å². The Hall–Kier alpha value is -4.87. The van der Waals surface area contributed by atoms with Gasteiger partial charge in [-0.15, -0.1) is 10.2 Å². The number of carboxylic acid groups (broad SMARTS) is 1. The third kappa shape index (κ3) is 5.07. The fraction of sp³-hybridized carbons (Fsp3) is 0.286. The van der Waals surface area contributed by atoms with Gasteiger partial charge >= 0.3 is 6.09 Å². The van der Waals surface area contributed by atoms with E-state index in [9.17, 15) is 19.1 Å². The number of hydrogen-bond donors (Lipinski definition) is 1. The van der Waals surface area contributed by atoms with E-state index < -0.39 is 6.09 Å². The minimum absolute atomic E-state index is 0.0329. The zero-order chi connectivity index (χ0) is 28.6. The molecule has 4 heterocycles. The summed E-state index contributed by atoms with van der Waals surface area (Å²) in [7, 11) is 3.34. The molecule has 40 heavy (non-hydrogen) atoms. The van der Waals surface area contributed by atoms with Crippen LogP contribution in [0.2, 0.25) is 0 Å². The van der Waals surface area contributed by atoms with E-state index in [0.29, 0.717) is 45.5 Å². The minimum atomic E-state index is -1.09. The van der Waals surface area contributed by atoms with Gasteiger partial charge in [-0.3, -0.25) is 9.69 Å². The summed E-state index contributed by atoms with van der Waals surface area (Å²) in [6.07, 6.45) is 0.421. The summed E-state index contributed by atoms with van der Waals surface area (Å²) < 4.78 is 16.0. The second-order valence-electron chi connectivity index (χ2n) is 9.94. The molecule has 4 aromatic rings. The van der Waals surface area contributed by atoms with Gasteiger partial charge in [0.05, 0.1) is 30.9 Å². The van der Waals surface area contributed by atoms with Crippen molar-refractivity contribution < 1.29 is 19.1 Å². The van der Waals surface area contributed by atoms with E-state index in [1.54, 1.807) is 47.0 Å². The van der Waals surface area contributed by atoms with Crippen molar-refractivity contribution in [3.8, 4) is 11.5 Å². The lowest BCUT2D eigenvalue weighted by atomic mass is 10.1. The molecule has 0 unspecified atom stereocenters. The van der Waals surface area contributed by atoms with E-state index >= 15 is 0 Å². The first kappa shape index (κ1) is 26.7. The highest BCUT2D eigenvalue weighted by Crippen LogP contribution is 2.33. The zero-order valence-electron chi connectivity index (χ0n) is 22.6. The van der Waals surface area contributed by atoms with Gasteiger partial charge in [0.1, 0.15) is 29.5 Å². The number of rotatable bonds is 8. The third-order valence-electron chi connectivity index (χ3n) is 6.99. The van der Waals surface area contributed by atoms with Crippen LogP contribution in [-0.4, -0.2) is 66.9 Å². The van der Waals surface area contributed by atoms with E-state index in [0.717, 1.165) is 4.90 Å². The molecule has 0 aliphatic carbocycles. The Morgan fingerprint density at radius 2 is 1.90 bits per heavy atom. The molecule has 0 fully saturated rings. The standard InChI is InChI=1S/C28H29FN8O3/c1-17(2)35(4)25-12-19-20(23(32-25)15-34(3)28(39)40)14-37(27(19)38)24-11-7-10-22(31-24)26-33-30-16-36(26)13-18-8-5-6-9-21(18)29/h5-12,16-17H,13-15H2,1-4H3,(H,39,40). The first-order valence-corrected chi connectivity index (χ1v) is 12.7. The maximum absolute atomic E-state index is 14.3. The number of fused-ring (bicyclic) bond motifs is 1. The van der Waals surface area contributed by atoms with Crippen LogP contribution in [0.15, 0.2) is 54.9 Å². The van der Waals surface area contributed by atoms with E-state index in [-0.39, 0.29) is 37.4 Å². The molecule has 0 bridgehead atoms. The predicted octanol–water partition coefficient (Wildman–Crippen LogP) is 4.04. The van der Waals surface area contributed by atoms with Crippen LogP contribution in [0.3, 0.4) is 0 Å². The Morgan fingerprint density at radius 3 is 2.62 bits per heavy atom. The van der Waals surface area contributed by atoms with Crippen LogP contribution in [0.5, 0.6) is 0 Å². The number of carbonyl (C=O) groups is 2. The topological polar surface area (TPSA) is 121 Å². The van der Waals surface area contributed by atoms with Crippen LogP contribution in [0, 0.1) is 5.82 Å². The maximum Gasteiger partial charge on any atom is 0.407 e. The molecule has 1 aliphatic heterocycles. The van der Waals surface area contributed by atoms with E-state index in [2.05, 4.69) is 10.2 Å². The molecule has 2 amide bonds. The molecular weight excluding hydrogens is 515 g/mol. The third-order valence-corrected chi connectivity index (χ3v) is 6.99. The van der Waals surface area contributed by atoms with Gasteiger partial charge in [0.2, 0.25) is 0 Å². The lowest BCUT2D eigenvalue weighted by Gasteiger charge is -2.24. The fourth-order valence-electron chi connectivity index (χ4n) is 4.48. The van der Waals surface area contributed by atoms with Crippen LogP contribution in [-0.2, 0) is 19.6 Å². The second-order valence-corrected chi connectivity index (χ2v) is 9.94. The lowest BCUT2D eigenvalue weighted by Crippen LogP contribution is -2.29. The molecule has 0 saturated carbocycles. The average Bonchev–Trinajstić information content (AvgIpc) is 3.54. The molecule has 0 saturated heterocycles. The molecule has 1 aromatic carbocycles. The van der Waals surface area contributed by atoms with Gasteiger partial charge in [-0.25, -0.2) is 19.2 Å². The monoisotopic (exact) mass is 544 g/mol. The molecule has 3 aromatic heterocycles. The Kier molecular flexibility index (Phi) is 7.16. The number of anilines is 2. The van der Waals surface area contributed by atoms with Crippen molar-refractivity contribution >= 4 is 23.6 Å². The number of carbonyl (C=O) groups excluding carboxylic acids is 1. The van der Waals surface area contributed by atoms with Crippen LogP contribution in [0.25, 0.3) is 11.5 Å². The van der Waals surface area contributed by atoms with Crippen molar-refractivity contribution in [1.29, 1.82) is 0 Å². The molecule has 0 radical (unpaired) electrons. The van der Waals surface area contributed by atoms with Crippen LogP contribution in [0.1, 0.15) is 41.0 Å². The number of hydrogen-bond acceptors (Lipinski definition) is 7. The van der Waals surface area contributed by atoms with Crippen molar-refractivity contribution in [2.45, 2.75) is 39.5 Å². The van der Waals surface area contributed by atoms with Gasteiger partial charge in [0.15, 0.2) is 5.82 Å². The number of aromatic nitrogens is 5. The smallest absolute Gasteiger partial charge is 0.407 e. The summed E-state index contributed by atoms with van der Waals surface area (Å²) >= 11 is 0. The number of halogens is 1. The Morgan fingerprint density at radius 1 is 1.12 bits per heavy atom. The SMILES string of the molecule is CC(C)N(C)c1cc2c(c(CN(C)C(=O)O)n1)CN(c1cccc(-c3nncn3Cc3ccccc3F)n1)C2=O. The molecular formula is C28H29FN8O3. The molecule has 1 N–H and O–H groups in total. The summed E-state index contributed by atoms with van der Waals surface area (Å²) in [5.41, 5.74) is 2.59. The first-order chi connectivity index (χ1) is 19.1. The lowest BCUT2D eigenvalue weighted by molar-refractivity contribution is 0.0996. The number of nitrogens with zero attached hydrogens (tertiary/aromatic N) is 8. The van der Waals surface area contributed by atoms with Crippen LogP contribution < -0.4 is 9.80 Å². The molecule has 12 heteroatoms. The van der Waals surface area contributed by atoms with Crippen molar-refractivity contribution in [1.82, 2.24) is 29.6 Å². The van der Waals surface area contributed by atoms with Crippen molar-refractivity contribution in [2.75, 3.05) is 23.9 Å². The highest BCUT2D eigenvalue weighted by atomic mass is 19.1. The van der Waals surface area contributed by atoms with Gasteiger partial charge in [-0.1, -0.05) is 24.3 Å². The largest absolute Gasteiger partial charge is 0.465 e. The van der Waals surface area contributed by atoms with Gasteiger partial charge < -0.3 is 19.5 Å². The molecule has 206 valence electrons. The first-order valence-electron chi connectivity index (χ1n) is 12.7. The number of amides is 2. The average molecular weight is 545 g/mol. The van der Waals surface area contributed by atoms with Gasteiger partial charge in [0, 0.05) is 31.3 Å². The quantitative estimate of drug-likeness (QED) is 0.353. The van der Waals surface area contributed by atoms with Gasteiger partial charge in [0.25, 0.3) is 5.91 Å². The van der Waals surface area contributed by atoms with E-state index in [1.165, 1.54) is 24.3 Å². The van der Waals surface area contributed by atoms with E-state index in [4.69, 9.17) is 9.97 Å². The highest BCUT2D eigenvalue weighted by molar-refractivity contribution is 6.10. The van der Waals surface area contributed by atoms with Gasteiger partial charge in [-0.05, 0) is 38.1 Å². The van der Waals surface area contributed by atoms with Crippen molar-refractivity contribution in [2.24, 2.45) is 0 Å². The minimum Gasteiger partial charge on any atom is -0.465 e. The summed E-state index contributed by atoms with van der Waals surface area (Å²) in [5, 5.41) is 17.7. The fourth-order valence-corrected chi connectivity index (χ4v) is 4.48. The summed E-state index contributed by atoms with van der Waals surface area (Å²) in [6.45, 7) is 4.45. The maximum atomic E-state index is 14.3. The van der Waals surface area contributed by atoms with Crippen molar-refractivity contribution in [3.05, 3.63) is 83.1 Å². The highest BCUT2D eigenvalue weighted by Gasteiger charge is 2.34. The Labute approximate surface area is 230 Å². The number of benzene rings is 1. The molecule has 5 rings (SSSR count). The second kappa shape index (κ2) is 10.7. The normalized spacial score (nSPS) is 12.7. The Balaban J connectivity index is 1.49. The predicted molar refractivity (Wildman–Crippen MR) is 147 cm³/mol. The summed E-state index contributed by atoms with van der Waals surface area (Å²) in [6, 6.07) is 13.6. The summed E-state index contributed by atoms with van der Waals surface area (Å²) in [4.78, 5) is 39.3. The summed E-state index contributed by atoms with van der Waals surface area (Å²) in [5.74, 6) is 0.828.